The van der Waals surface area contributed by atoms with E-state index in [0.717, 1.165) is 5.92 Å². The lowest BCUT2D eigenvalue weighted by Crippen LogP contribution is -2.03. The normalized spacial score (nSPS) is 13.4. The van der Waals surface area contributed by atoms with Gasteiger partial charge in [-0.15, -0.1) is 0 Å². The van der Waals surface area contributed by atoms with E-state index in [9.17, 15) is 0 Å². The molecule has 1 unspecified atom stereocenters. The Labute approximate surface area is 107 Å². The molecule has 0 heterocycles. The van der Waals surface area contributed by atoms with Gasteiger partial charge >= 0.3 is 0 Å². The highest BCUT2D eigenvalue weighted by atomic mass is 14.2. The summed E-state index contributed by atoms with van der Waals surface area (Å²) in [6.45, 7) is 13.8. The molecular weight excluding hydrogens is 204 g/mol. The first-order chi connectivity index (χ1) is 7.95. The summed E-state index contributed by atoms with van der Waals surface area (Å²) in [5.41, 5.74) is 4.60. The Balaban J connectivity index is 3.08. The Kier molecular flexibility index (Phi) is 5.24. The monoisotopic (exact) mass is 232 g/mol. The predicted octanol–water partition coefficient (Wildman–Crippen LogP) is 5.52. The minimum absolute atomic E-state index is 0.631. The van der Waals surface area contributed by atoms with Crippen LogP contribution in [0.3, 0.4) is 0 Å². The highest BCUT2D eigenvalue weighted by Crippen LogP contribution is 2.29. The summed E-state index contributed by atoms with van der Waals surface area (Å²) in [6.07, 6.45) is 2.42. The second kappa shape index (κ2) is 6.23. The van der Waals surface area contributed by atoms with Crippen LogP contribution in [0.25, 0.3) is 0 Å². The average molecular weight is 232 g/mol. The molecule has 96 valence electrons. The van der Waals surface area contributed by atoms with Gasteiger partial charge in [-0.25, -0.2) is 0 Å². The molecule has 0 aromatic heterocycles. The van der Waals surface area contributed by atoms with Crippen LogP contribution in [0.15, 0.2) is 18.2 Å². The molecule has 0 nitrogen and oxygen atoms in total. The van der Waals surface area contributed by atoms with E-state index in [0.29, 0.717) is 11.8 Å². The first kappa shape index (κ1) is 14.3. The number of rotatable bonds is 5. The minimum Gasteiger partial charge on any atom is -0.0648 e. The van der Waals surface area contributed by atoms with Crippen molar-refractivity contribution >= 4 is 0 Å². The summed E-state index contributed by atoms with van der Waals surface area (Å²) < 4.78 is 0. The van der Waals surface area contributed by atoms with Crippen molar-refractivity contribution in [2.45, 2.75) is 66.2 Å². The zero-order valence-corrected chi connectivity index (χ0v) is 12.4. The molecule has 0 aliphatic carbocycles. The molecule has 0 aliphatic rings. The molecule has 0 amide bonds. The summed E-state index contributed by atoms with van der Waals surface area (Å²) in [4.78, 5) is 0. The second-order valence-corrected chi connectivity index (χ2v) is 6.03. The van der Waals surface area contributed by atoms with Crippen LogP contribution in [-0.4, -0.2) is 0 Å². The minimum atomic E-state index is 0.631. The molecule has 1 atom stereocenters. The fraction of sp³-hybridized carbons (Fsp3) is 0.647. The van der Waals surface area contributed by atoms with Gasteiger partial charge in [-0.3, -0.25) is 0 Å². The molecule has 0 saturated heterocycles. The van der Waals surface area contributed by atoms with Crippen LogP contribution in [0.5, 0.6) is 0 Å². The van der Waals surface area contributed by atoms with Gasteiger partial charge in [0.2, 0.25) is 0 Å². The number of hydrogen-bond acceptors (Lipinski definition) is 0. The fourth-order valence-corrected chi connectivity index (χ4v) is 2.39. The summed E-state index contributed by atoms with van der Waals surface area (Å²) in [7, 11) is 0. The van der Waals surface area contributed by atoms with Gasteiger partial charge in [0.1, 0.15) is 0 Å². The summed E-state index contributed by atoms with van der Waals surface area (Å²) >= 11 is 0. The van der Waals surface area contributed by atoms with Crippen molar-refractivity contribution in [3.8, 4) is 0 Å². The molecule has 1 aromatic carbocycles. The third-order valence-corrected chi connectivity index (χ3v) is 3.56. The van der Waals surface area contributed by atoms with Gasteiger partial charge in [0.05, 0.1) is 0 Å². The molecule has 0 N–H and O–H groups in total. The molecule has 0 saturated carbocycles. The van der Waals surface area contributed by atoms with E-state index in [1.54, 1.807) is 11.1 Å². The standard InChI is InChI=1S/C17H28/c1-7-14(6)16-9-8-15(10-12(2)3)11-17(16)13(4)5/h8-9,11-14H,7,10H2,1-6H3. The third kappa shape index (κ3) is 3.87. The molecule has 0 fully saturated rings. The SMILES string of the molecule is CCC(C)c1ccc(CC(C)C)cc1C(C)C. The van der Waals surface area contributed by atoms with Crippen LogP contribution in [-0.2, 0) is 6.42 Å². The Hall–Kier alpha value is -0.780. The lowest BCUT2D eigenvalue weighted by molar-refractivity contribution is 0.643. The Bertz CT molecular complexity index is 347. The molecule has 0 heteroatoms. The first-order valence-electron chi connectivity index (χ1n) is 7.08. The van der Waals surface area contributed by atoms with E-state index in [2.05, 4.69) is 59.7 Å². The van der Waals surface area contributed by atoms with Crippen molar-refractivity contribution in [1.82, 2.24) is 0 Å². The molecule has 0 bridgehead atoms. The zero-order valence-electron chi connectivity index (χ0n) is 12.4. The van der Waals surface area contributed by atoms with E-state index >= 15 is 0 Å². The van der Waals surface area contributed by atoms with Crippen molar-refractivity contribution in [2.24, 2.45) is 5.92 Å². The molecule has 0 aliphatic heterocycles. The smallest absolute Gasteiger partial charge is 0.0190 e. The lowest BCUT2D eigenvalue weighted by atomic mass is 9.86. The largest absolute Gasteiger partial charge is 0.0648 e. The van der Waals surface area contributed by atoms with Crippen molar-refractivity contribution < 1.29 is 0 Å². The third-order valence-electron chi connectivity index (χ3n) is 3.56. The highest BCUT2D eigenvalue weighted by molar-refractivity contribution is 5.36. The Morgan fingerprint density at radius 2 is 1.59 bits per heavy atom. The predicted molar refractivity (Wildman–Crippen MR) is 77.8 cm³/mol. The maximum Gasteiger partial charge on any atom is -0.0190 e. The highest BCUT2D eigenvalue weighted by Gasteiger charge is 2.12. The van der Waals surface area contributed by atoms with Gasteiger partial charge in [0, 0.05) is 0 Å². The van der Waals surface area contributed by atoms with Crippen molar-refractivity contribution in [1.29, 1.82) is 0 Å². The van der Waals surface area contributed by atoms with Crippen LogP contribution >= 0.6 is 0 Å². The zero-order chi connectivity index (χ0) is 13.0. The van der Waals surface area contributed by atoms with Crippen molar-refractivity contribution in [3.05, 3.63) is 34.9 Å². The lowest BCUT2D eigenvalue weighted by Gasteiger charge is -2.19. The molecular formula is C17H28. The van der Waals surface area contributed by atoms with Crippen molar-refractivity contribution in [3.63, 3.8) is 0 Å². The maximum atomic E-state index is 2.44. The molecule has 17 heavy (non-hydrogen) atoms. The van der Waals surface area contributed by atoms with Crippen LogP contribution in [0.4, 0.5) is 0 Å². The van der Waals surface area contributed by atoms with Crippen molar-refractivity contribution in [2.75, 3.05) is 0 Å². The average Bonchev–Trinajstić information content (AvgIpc) is 2.27. The van der Waals surface area contributed by atoms with Gasteiger partial charge in [0.15, 0.2) is 0 Å². The fourth-order valence-electron chi connectivity index (χ4n) is 2.39. The maximum absolute atomic E-state index is 2.44. The van der Waals surface area contributed by atoms with Crippen LogP contribution < -0.4 is 0 Å². The van der Waals surface area contributed by atoms with E-state index in [1.165, 1.54) is 18.4 Å². The van der Waals surface area contributed by atoms with E-state index < -0.39 is 0 Å². The first-order valence-corrected chi connectivity index (χ1v) is 7.08. The van der Waals surface area contributed by atoms with Gasteiger partial charge in [0.25, 0.3) is 0 Å². The topological polar surface area (TPSA) is 0 Å². The van der Waals surface area contributed by atoms with Crippen LogP contribution in [0.1, 0.15) is 76.5 Å². The van der Waals surface area contributed by atoms with Gasteiger partial charge in [-0.05, 0) is 47.3 Å². The van der Waals surface area contributed by atoms with Gasteiger partial charge in [-0.2, -0.15) is 0 Å². The summed E-state index contributed by atoms with van der Waals surface area (Å²) in [6, 6.07) is 7.13. The van der Waals surface area contributed by atoms with E-state index in [-0.39, 0.29) is 0 Å². The van der Waals surface area contributed by atoms with Crippen LogP contribution in [0.2, 0.25) is 0 Å². The molecule has 0 radical (unpaired) electrons. The van der Waals surface area contributed by atoms with Gasteiger partial charge in [-0.1, -0.05) is 59.7 Å². The number of benzene rings is 1. The van der Waals surface area contributed by atoms with E-state index in [4.69, 9.17) is 0 Å². The second-order valence-electron chi connectivity index (χ2n) is 6.03. The summed E-state index contributed by atoms with van der Waals surface area (Å²) in [5.74, 6) is 2.05. The number of hydrogen-bond donors (Lipinski definition) is 0. The Morgan fingerprint density at radius 3 is 2.06 bits per heavy atom. The summed E-state index contributed by atoms with van der Waals surface area (Å²) in [5, 5.41) is 0. The molecule has 0 spiro atoms. The van der Waals surface area contributed by atoms with Crippen LogP contribution in [0, 0.1) is 5.92 Å². The Morgan fingerprint density at radius 1 is 0.941 bits per heavy atom. The quantitative estimate of drug-likeness (QED) is 0.627. The van der Waals surface area contributed by atoms with Gasteiger partial charge < -0.3 is 0 Å². The molecule has 1 rings (SSSR count). The molecule has 1 aromatic rings. The van der Waals surface area contributed by atoms with E-state index in [1.807, 2.05) is 0 Å².